The molecule has 1 aliphatic rings. The van der Waals surface area contributed by atoms with Gasteiger partial charge in [0, 0.05) is 49.7 Å². The fraction of sp³-hybridized carbons (Fsp3) is 0.269. The van der Waals surface area contributed by atoms with Crippen molar-refractivity contribution in [2.75, 3.05) is 25.0 Å². The maximum absolute atomic E-state index is 16.0. The molecule has 6 rings (SSSR count). The molecule has 1 fully saturated rings. The van der Waals surface area contributed by atoms with Gasteiger partial charge < -0.3 is 10.2 Å². The number of imidazole rings is 1. The minimum absolute atomic E-state index is 0.0808. The van der Waals surface area contributed by atoms with Crippen molar-refractivity contribution in [2.45, 2.75) is 18.9 Å². The minimum Gasteiger partial charge on any atom is -0.352 e. The lowest BCUT2D eigenvalue weighted by atomic mass is 10.0. The molecule has 12 heteroatoms. The number of nitrogens with one attached hydrogen (secondary N) is 1. The summed E-state index contributed by atoms with van der Waals surface area (Å²) in [5.41, 5.74) is 2.86. The first-order valence-electron chi connectivity index (χ1n) is 12.1. The van der Waals surface area contributed by atoms with Crippen LogP contribution in [0, 0.1) is 23.0 Å². The Morgan fingerprint density at radius 2 is 2.08 bits per heavy atom. The number of hydrogen-bond acceptors (Lipinski definition) is 7. The molecule has 2 aromatic carbocycles. The van der Waals surface area contributed by atoms with E-state index in [4.69, 9.17) is 4.98 Å². The van der Waals surface area contributed by atoms with Crippen LogP contribution in [-0.2, 0) is 7.05 Å². The van der Waals surface area contributed by atoms with E-state index in [2.05, 4.69) is 41.4 Å². The number of piperidine rings is 1. The Bertz CT molecular complexity index is 1750. The highest BCUT2D eigenvalue weighted by Gasteiger charge is 2.28. The van der Waals surface area contributed by atoms with Crippen LogP contribution in [0.2, 0.25) is 0 Å². The topological polar surface area (TPSA) is 100.0 Å². The summed E-state index contributed by atoms with van der Waals surface area (Å²) in [4.78, 5) is 11.7. The smallest absolute Gasteiger partial charge is 0.181 e. The molecule has 4 heterocycles. The van der Waals surface area contributed by atoms with Crippen LogP contribution in [0.25, 0.3) is 39.2 Å². The lowest BCUT2D eigenvalue weighted by Gasteiger charge is -2.33. The zero-order chi connectivity index (χ0) is 26.6. The van der Waals surface area contributed by atoms with E-state index in [-0.39, 0.29) is 15.6 Å². The number of likely N-dealkylation sites (N-methyl/N-ethyl adjacent to an activating group) is 1. The maximum Gasteiger partial charge on any atom is 0.181 e. The predicted octanol–water partition coefficient (Wildman–Crippen LogP) is 4.45. The molecule has 9 nitrogen and oxygen atoms in total. The molecule has 5 aromatic rings. The van der Waals surface area contributed by atoms with Crippen molar-refractivity contribution in [2.24, 2.45) is 7.05 Å². The first-order chi connectivity index (χ1) is 18.4. The van der Waals surface area contributed by atoms with Gasteiger partial charge in [0.2, 0.25) is 0 Å². The second-order valence-corrected chi connectivity index (χ2v) is 10.1. The summed E-state index contributed by atoms with van der Waals surface area (Å²) in [5, 5.41) is 20.8. The fourth-order valence-electron chi connectivity index (χ4n) is 5.12. The van der Waals surface area contributed by atoms with Crippen LogP contribution in [0.4, 0.5) is 14.6 Å². The fourth-order valence-corrected chi connectivity index (χ4v) is 5.80. The number of nitriles is 1. The van der Waals surface area contributed by atoms with Crippen molar-refractivity contribution in [3.63, 3.8) is 0 Å². The van der Waals surface area contributed by atoms with E-state index in [9.17, 15) is 9.65 Å². The number of aryl methyl sites for hydroxylation is 1. The van der Waals surface area contributed by atoms with E-state index in [1.165, 1.54) is 16.8 Å². The first-order valence-corrected chi connectivity index (χ1v) is 12.9. The highest BCUT2D eigenvalue weighted by Crippen LogP contribution is 2.40. The van der Waals surface area contributed by atoms with Gasteiger partial charge in [-0.2, -0.15) is 5.26 Å². The van der Waals surface area contributed by atoms with Crippen molar-refractivity contribution in [3.8, 4) is 28.6 Å². The summed E-state index contributed by atoms with van der Waals surface area (Å²) in [6, 6.07) is 8.03. The number of anilines is 1. The maximum atomic E-state index is 16.0. The average molecular weight is 578 g/mol. The van der Waals surface area contributed by atoms with E-state index in [1.807, 2.05) is 13.1 Å². The number of aromatic nitrogens is 6. The molecule has 1 saturated heterocycles. The number of halogens is 3. The van der Waals surface area contributed by atoms with E-state index in [0.717, 1.165) is 25.9 Å². The van der Waals surface area contributed by atoms with Gasteiger partial charge in [-0.1, -0.05) is 11.3 Å². The number of benzene rings is 2. The van der Waals surface area contributed by atoms with Crippen molar-refractivity contribution in [1.82, 2.24) is 34.7 Å². The first kappa shape index (κ1) is 24.4. The second-order valence-electron chi connectivity index (χ2n) is 9.27. The molecular formula is C26H22BrF2N9. The molecule has 1 atom stereocenters. The molecule has 1 aliphatic heterocycles. The Hall–Kier alpha value is -3.95. The molecule has 0 unspecified atom stereocenters. The Labute approximate surface area is 224 Å². The highest BCUT2D eigenvalue weighted by atomic mass is 79.9. The molecule has 38 heavy (non-hydrogen) atoms. The molecule has 1 N–H and O–H groups in total. The van der Waals surface area contributed by atoms with E-state index in [0.29, 0.717) is 45.5 Å². The third-order valence-electron chi connectivity index (χ3n) is 7.04. The molecule has 0 radical (unpaired) electrons. The van der Waals surface area contributed by atoms with E-state index >= 15 is 4.39 Å². The van der Waals surface area contributed by atoms with Crippen molar-refractivity contribution < 1.29 is 8.78 Å². The van der Waals surface area contributed by atoms with Crippen LogP contribution in [0.3, 0.4) is 0 Å². The van der Waals surface area contributed by atoms with Crippen molar-refractivity contribution in [3.05, 3.63) is 58.3 Å². The van der Waals surface area contributed by atoms with E-state index < -0.39 is 11.6 Å². The Morgan fingerprint density at radius 3 is 2.84 bits per heavy atom. The van der Waals surface area contributed by atoms with Crippen molar-refractivity contribution in [1.29, 1.82) is 5.26 Å². The van der Waals surface area contributed by atoms with Crippen LogP contribution < -0.4 is 10.2 Å². The Balaban J connectivity index is 1.65. The lowest BCUT2D eigenvalue weighted by Crippen LogP contribution is -2.44. The van der Waals surface area contributed by atoms with Crippen LogP contribution in [0.1, 0.15) is 18.4 Å². The summed E-state index contributed by atoms with van der Waals surface area (Å²) < 4.78 is 34.3. The van der Waals surface area contributed by atoms with Crippen molar-refractivity contribution >= 4 is 38.4 Å². The molecule has 0 amide bonds. The minimum atomic E-state index is -0.676. The largest absolute Gasteiger partial charge is 0.352 e. The molecule has 0 saturated carbocycles. The van der Waals surface area contributed by atoms with Gasteiger partial charge in [-0.15, -0.1) is 5.10 Å². The Morgan fingerprint density at radius 1 is 1.24 bits per heavy atom. The quantitative estimate of drug-likeness (QED) is 0.337. The molecule has 0 bridgehead atoms. The standard InChI is InChI=1S/C26H22BrF2N9/c1-31-16-4-3-8-37(13-16)25-26-33-22(14-5-6-15(12-30)18(28)10-14)23(38(26)9-7-32-25)17-11-19-24(20(27)21(17)29)36(2)35-34-19/h5-7,9-11,16,31H,3-4,8,13H2,1-2H3/t16-/m1/s1. The summed E-state index contributed by atoms with van der Waals surface area (Å²) in [6.45, 7) is 1.55. The van der Waals surface area contributed by atoms with Gasteiger partial charge in [0.1, 0.15) is 28.7 Å². The zero-order valence-electron chi connectivity index (χ0n) is 20.6. The van der Waals surface area contributed by atoms with Crippen LogP contribution in [-0.4, -0.2) is 55.5 Å². The van der Waals surface area contributed by atoms with Gasteiger partial charge >= 0.3 is 0 Å². The highest BCUT2D eigenvalue weighted by molar-refractivity contribution is 9.10. The van der Waals surface area contributed by atoms with Gasteiger partial charge in [0.25, 0.3) is 0 Å². The monoisotopic (exact) mass is 577 g/mol. The number of hydrogen-bond donors (Lipinski definition) is 1. The third kappa shape index (κ3) is 3.81. The number of rotatable bonds is 4. The van der Waals surface area contributed by atoms with Crippen LogP contribution in [0.5, 0.6) is 0 Å². The van der Waals surface area contributed by atoms with Crippen LogP contribution in [0.15, 0.2) is 41.1 Å². The molecule has 0 aliphatic carbocycles. The SMILES string of the molecule is CN[C@@H]1CCCN(c2nccn3c(-c4cc5nnn(C)c5c(Br)c4F)c(-c4ccc(C#N)c(F)c4)nc23)C1. The molecule has 3 aromatic heterocycles. The summed E-state index contributed by atoms with van der Waals surface area (Å²) in [5.74, 6) is -0.536. The number of nitrogens with zero attached hydrogens (tertiary/aromatic N) is 8. The van der Waals surface area contributed by atoms with Gasteiger partial charge in [-0.25, -0.2) is 23.4 Å². The Kier molecular flexibility index (Phi) is 6.04. The lowest BCUT2D eigenvalue weighted by molar-refractivity contribution is 0.448. The average Bonchev–Trinajstić information content (AvgIpc) is 3.51. The van der Waals surface area contributed by atoms with Gasteiger partial charge in [-0.3, -0.25) is 4.40 Å². The van der Waals surface area contributed by atoms with Gasteiger partial charge in [0.05, 0.1) is 21.4 Å². The summed E-state index contributed by atoms with van der Waals surface area (Å²) in [7, 11) is 3.63. The second kappa shape index (κ2) is 9.41. The number of fused-ring (bicyclic) bond motifs is 2. The normalized spacial score (nSPS) is 15.9. The molecule has 0 spiro atoms. The zero-order valence-corrected chi connectivity index (χ0v) is 22.2. The van der Waals surface area contributed by atoms with E-state index in [1.54, 1.807) is 36.0 Å². The summed E-state index contributed by atoms with van der Waals surface area (Å²) >= 11 is 3.39. The molecule has 192 valence electrons. The van der Waals surface area contributed by atoms with Gasteiger partial charge in [0.15, 0.2) is 11.5 Å². The van der Waals surface area contributed by atoms with Crippen LogP contribution >= 0.6 is 15.9 Å². The predicted molar refractivity (Wildman–Crippen MR) is 143 cm³/mol. The summed E-state index contributed by atoms with van der Waals surface area (Å²) in [6.07, 6.45) is 5.43. The van der Waals surface area contributed by atoms with Gasteiger partial charge in [-0.05, 0) is 54.0 Å². The molecular weight excluding hydrogens is 556 g/mol. The third-order valence-corrected chi connectivity index (χ3v) is 7.77.